The summed E-state index contributed by atoms with van der Waals surface area (Å²) in [6, 6.07) is 15.8. The summed E-state index contributed by atoms with van der Waals surface area (Å²) in [5.74, 6) is -0.0859. The summed E-state index contributed by atoms with van der Waals surface area (Å²) >= 11 is 1.46. The summed E-state index contributed by atoms with van der Waals surface area (Å²) in [6.07, 6.45) is 4.26. The van der Waals surface area contributed by atoms with Crippen LogP contribution in [0.5, 0.6) is 0 Å². The highest BCUT2D eigenvalue weighted by Gasteiger charge is 2.31. The van der Waals surface area contributed by atoms with E-state index < -0.39 is 0 Å². The molecule has 1 aliphatic carbocycles. The van der Waals surface area contributed by atoms with E-state index in [1.807, 2.05) is 54.9 Å². The predicted octanol–water partition coefficient (Wildman–Crippen LogP) is 3.96. The van der Waals surface area contributed by atoms with Crippen LogP contribution in [0.1, 0.15) is 23.2 Å². The zero-order valence-electron chi connectivity index (χ0n) is 11.9. The zero-order chi connectivity index (χ0) is 14.9. The minimum absolute atomic E-state index is 0.0859. The quantitative estimate of drug-likeness (QED) is 0.873. The molecule has 110 valence electrons. The van der Waals surface area contributed by atoms with Crippen LogP contribution < -0.4 is 10.2 Å². The maximum Gasteiger partial charge on any atom is 0.255 e. The summed E-state index contributed by atoms with van der Waals surface area (Å²) in [6.45, 7) is 0. The van der Waals surface area contributed by atoms with Crippen molar-refractivity contribution in [3.8, 4) is 0 Å². The molecule has 1 aliphatic heterocycles. The number of nitrogens with zero attached hydrogens (tertiary/aromatic N) is 2. The lowest BCUT2D eigenvalue weighted by molar-refractivity contribution is 0.102. The van der Waals surface area contributed by atoms with Crippen LogP contribution in [-0.2, 0) is 0 Å². The Morgan fingerprint density at radius 1 is 1.18 bits per heavy atom. The first-order valence-corrected chi connectivity index (χ1v) is 8.08. The summed E-state index contributed by atoms with van der Waals surface area (Å²) in [4.78, 5) is 15.7. The highest BCUT2D eigenvalue weighted by atomic mass is 32.2. The fourth-order valence-electron chi connectivity index (χ4n) is 2.50. The Labute approximate surface area is 133 Å². The monoisotopic (exact) mass is 309 g/mol. The van der Waals surface area contributed by atoms with Crippen molar-refractivity contribution in [2.75, 3.05) is 10.2 Å². The molecule has 1 heterocycles. The number of rotatable bonds is 3. The van der Waals surface area contributed by atoms with Gasteiger partial charge in [0, 0.05) is 29.2 Å². The molecular formula is C17H15N3OS. The third-order valence-corrected chi connectivity index (χ3v) is 4.54. The molecule has 0 atom stereocenters. The molecule has 1 N–H and O–H groups in total. The normalized spacial score (nSPS) is 16.3. The molecule has 4 nitrogen and oxygen atoms in total. The first-order valence-electron chi connectivity index (χ1n) is 7.30. The van der Waals surface area contributed by atoms with Gasteiger partial charge in [0.2, 0.25) is 0 Å². The van der Waals surface area contributed by atoms with Gasteiger partial charge in [0.25, 0.3) is 5.91 Å². The molecule has 0 bridgehead atoms. The van der Waals surface area contributed by atoms with Gasteiger partial charge in [-0.1, -0.05) is 18.2 Å². The number of hydrogen-bond donors (Lipinski definition) is 1. The molecule has 1 saturated carbocycles. The fraction of sp³-hybridized carbons (Fsp3) is 0.176. The van der Waals surface area contributed by atoms with Crippen molar-refractivity contribution in [1.29, 1.82) is 0 Å². The van der Waals surface area contributed by atoms with Crippen molar-refractivity contribution in [2.45, 2.75) is 23.8 Å². The van der Waals surface area contributed by atoms with Gasteiger partial charge in [0.15, 0.2) is 0 Å². The smallest absolute Gasteiger partial charge is 0.255 e. The SMILES string of the molecule is O=C(Nc1ccccc1)c1ccc2c(c1)N(C1CC1)C=NS2. The maximum absolute atomic E-state index is 12.4. The van der Waals surface area contributed by atoms with Crippen molar-refractivity contribution in [3.63, 3.8) is 0 Å². The Bertz CT molecular complexity index is 741. The van der Waals surface area contributed by atoms with E-state index in [1.54, 1.807) is 0 Å². The van der Waals surface area contributed by atoms with E-state index in [-0.39, 0.29) is 5.91 Å². The largest absolute Gasteiger partial charge is 0.328 e. The van der Waals surface area contributed by atoms with Gasteiger partial charge in [-0.3, -0.25) is 4.79 Å². The number of anilines is 2. The Hall–Kier alpha value is -2.27. The Morgan fingerprint density at radius 2 is 2.00 bits per heavy atom. The maximum atomic E-state index is 12.4. The number of carbonyl (C=O) groups excluding carboxylic acids is 1. The topological polar surface area (TPSA) is 44.7 Å². The molecule has 2 aliphatic rings. The number of hydrogen-bond acceptors (Lipinski definition) is 4. The molecule has 1 amide bonds. The number of amides is 1. The van der Waals surface area contributed by atoms with Gasteiger partial charge in [0.05, 0.1) is 10.6 Å². The number of nitrogens with one attached hydrogen (secondary N) is 1. The van der Waals surface area contributed by atoms with Crippen LogP contribution in [-0.4, -0.2) is 18.3 Å². The lowest BCUT2D eigenvalue weighted by Crippen LogP contribution is -2.26. The van der Waals surface area contributed by atoms with Crippen molar-refractivity contribution >= 4 is 35.6 Å². The predicted molar refractivity (Wildman–Crippen MR) is 90.7 cm³/mol. The summed E-state index contributed by atoms with van der Waals surface area (Å²) < 4.78 is 4.32. The standard InChI is InChI=1S/C17H15N3OS/c21-17(19-13-4-2-1-3-5-13)12-6-9-16-15(10-12)20(11-18-22-16)14-7-8-14/h1-6,9-11,14H,7-8H2,(H,19,21). The molecule has 5 heteroatoms. The number of para-hydroxylation sites is 1. The Morgan fingerprint density at radius 3 is 2.77 bits per heavy atom. The van der Waals surface area contributed by atoms with Crippen LogP contribution >= 0.6 is 11.9 Å². The van der Waals surface area contributed by atoms with Crippen molar-refractivity contribution in [3.05, 3.63) is 54.1 Å². The van der Waals surface area contributed by atoms with E-state index in [0.29, 0.717) is 11.6 Å². The molecule has 0 unspecified atom stereocenters. The average molecular weight is 309 g/mol. The van der Waals surface area contributed by atoms with Crippen LogP contribution in [0, 0.1) is 0 Å². The summed E-state index contributed by atoms with van der Waals surface area (Å²) in [5, 5.41) is 2.93. The highest BCUT2D eigenvalue weighted by molar-refractivity contribution is 7.98. The molecule has 1 fully saturated rings. The molecule has 0 spiro atoms. The molecule has 0 aromatic heterocycles. The lowest BCUT2D eigenvalue weighted by atomic mass is 10.1. The first-order chi connectivity index (χ1) is 10.8. The molecule has 2 aromatic rings. The van der Waals surface area contributed by atoms with Gasteiger partial charge in [0.1, 0.15) is 6.34 Å². The van der Waals surface area contributed by atoms with Crippen molar-refractivity contribution in [2.24, 2.45) is 4.40 Å². The number of fused-ring (bicyclic) bond motifs is 1. The highest BCUT2D eigenvalue weighted by Crippen LogP contribution is 2.40. The Balaban J connectivity index is 1.61. The second-order valence-electron chi connectivity index (χ2n) is 5.45. The lowest BCUT2D eigenvalue weighted by Gasteiger charge is -2.25. The van der Waals surface area contributed by atoms with Crippen LogP contribution in [0.2, 0.25) is 0 Å². The second kappa shape index (κ2) is 5.50. The molecule has 4 rings (SSSR count). The van der Waals surface area contributed by atoms with Crippen LogP contribution in [0.3, 0.4) is 0 Å². The van der Waals surface area contributed by atoms with E-state index in [1.165, 1.54) is 24.8 Å². The molecule has 22 heavy (non-hydrogen) atoms. The van der Waals surface area contributed by atoms with Gasteiger partial charge in [-0.15, -0.1) is 0 Å². The van der Waals surface area contributed by atoms with E-state index >= 15 is 0 Å². The van der Waals surface area contributed by atoms with Gasteiger partial charge in [-0.05, 0) is 43.2 Å². The molecule has 0 radical (unpaired) electrons. The molecular weight excluding hydrogens is 294 g/mol. The van der Waals surface area contributed by atoms with E-state index in [2.05, 4.69) is 14.6 Å². The first kappa shape index (κ1) is 13.4. The molecule has 2 aromatic carbocycles. The van der Waals surface area contributed by atoms with Crippen molar-refractivity contribution < 1.29 is 4.79 Å². The van der Waals surface area contributed by atoms with Gasteiger partial charge >= 0.3 is 0 Å². The van der Waals surface area contributed by atoms with E-state index in [4.69, 9.17) is 0 Å². The Kier molecular flexibility index (Phi) is 3.35. The van der Waals surface area contributed by atoms with Gasteiger partial charge in [-0.2, -0.15) is 0 Å². The third kappa shape index (κ3) is 2.60. The summed E-state index contributed by atoms with van der Waals surface area (Å²) in [7, 11) is 0. The van der Waals surface area contributed by atoms with Crippen LogP contribution in [0.4, 0.5) is 11.4 Å². The molecule has 0 saturated heterocycles. The number of carbonyl (C=O) groups is 1. The van der Waals surface area contributed by atoms with Crippen LogP contribution in [0.15, 0.2) is 57.8 Å². The number of benzene rings is 2. The summed E-state index contributed by atoms with van der Waals surface area (Å²) in [5.41, 5.74) is 2.56. The fourth-order valence-corrected chi connectivity index (χ4v) is 3.15. The average Bonchev–Trinajstić information content (AvgIpc) is 3.39. The van der Waals surface area contributed by atoms with Gasteiger partial charge < -0.3 is 10.2 Å². The second-order valence-corrected chi connectivity index (χ2v) is 6.29. The minimum atomic E-state index is -0.0859. The van der Waals surface area contributed by atoms with E-state index in [9.17, 15) is 4.79 Å². The third-order valence-electron chi connectivity index (χ3n) is 3.79. The van der Waals surface area contributed by atoms with Gasteiger partial charge in [-0.25, -0.2) is 4.40 Å². The van der Waals surface area contributed by atoms with Crippen molar-refractivity contribution in [1.82, 2.24) is 0 Å². The van der Waals surface area contributed by atoms with E-state index in [0.717, 1.165) is 16.3 Å². The van der Waals surface area contributed by atoms with Crippen LogP contribution in [0.25, 0.3) is 0 Å². The zero-order valence-corrected chi connectivity index (χ0v) is 12.7. The minimum Gasteiger partial charge on any atom is -0.328 e.